The van der Waals surface area contributed by atoms with Gasteiger partial charge in [0.15, 0.2) is 5.13 Å². The molecule has 0 saturated carbocycles. The first-order valence-corrected chi connectivity index (χ1v) is 9.04. The number of thiazole rings is 1. The Kier molecular flexibility index (Phi) is 4.17. The first-order chi connectivity index (χ1) is 10.2. The summed E-state index contributed by atoms with van der Waals surface area (Å²) < 4.78 is 0. The lowest BCUT2D eigenvalue weighted by atomic mass is 10.1. The molecular formula is C15H17N3OS2. The summed E-state index contributed by atoms with van der Waals surface area (Å²) in [5, 5.41) is 6.34. The minimum absolute atomic E-state index is 0.153. The van der Waals surface area contributed by atoms with Crippen LogP contribution in [0.2, 0.25) is 0 Å². The number of hydrogen-bond acceptors (Lipinski definition) is 5. The van der Waals surface area contributed by atoms with E-state index < -0.39 is 0 Å². The van der Waals surface area contributed by atoms with Gasteiger partial charge in [-0.15, -0.1) is 11.3 Å². The van der Waals surface area contributed by atoms with Crippen LogP contribution >= 0.6 is 23.1 Å². The van der Waals surface area contributed by atoms with Crippen molar-refractivity contribution in [3.05, 3.63) is 29.1 Å². The molecule has 0 spiro atoms. The van der Waals surface area contributed by atoms with E-state index >= 15 is 0 Å². The summed E-state index contributed by atoms with van der Waals surface area (Å²) in [5.74, 6) is 1.22. The van der Waals surface area contributed by atoms with Crippen molar-refractivity contribution < 1.29 is 4.79 Å². The fourth-order valence-electron chi connectivity index (χ4n) is 2.38. The van der Waals surface area contributed by atoms with Gasteiger partial charge in [-0.05, 0) is 24.0 Å². The topological polar surface area (TPSA) is 45.2 Å². The van der Waals surface area contributed by atoms with Crippen molar-refractivity contribution in [3.63, 3.8) is 0 Å². The highest BCUT2D eigenvalue weighted by Crippen LogP contribution is 2.33. The van der Waals surface area contributed by atoms with E-state index in [1.807, 2.05) is 30.9 Å². The van der Waals surface area contributed by atoms with Crippen LogP contribution in [0.5, 0.6) is 0 Å². The van der Waals surface area contributed by atoms with E-state index in [-0.39, 0.29) is 5.91 Å². The Labute approximate surface area is 132 Å². The molecular weight excluding hydrogens is 302 g/mol. The maximum absolute atomic E-state index is 11.7. The summed E-state index contributed by atoms with van der Waals surface area (Å²) in [6.07, 6.45) is 2.58. The molecule has 110 valence electrons. The second kappa shape index (κ2) is 6.07. The lowest BCUT2D eigenvalue weighted by Crippen LogP contribution is -2.20. The normalized spacial score (nSPS) is 13.6. The number of rotatable bonds is 5. The second-order valence-corrected chi connectivity index (χ2v) is 6.77. The summed E-state index contributed by atoms with van der Waals surface area (Å²) in [5.41, 5.74) is 4.14. The predicted octanol–water partition coefficient (Wildman–Crippen LogP) is 3.10. The molecule has 6 heteroatoms. The van der Waals surface area contributed by atoms with Gasteiger partial charge in [-0.25, -0.2) is 4.98 Å². The molecule has 4 nitrogen and oxygen atoms in total. The highest BCUT2D eigenvalue weighted by molar-refractivity contribution is 7.98. The zero-order valence-corrected chi connectivity index (χ0v) is 13.7. The van der Waals surface area contributed by atoms with E-state index in [1.54, 1.807) is 16.2 Å². The molecule has 0 saturated heterocycles. The number of nitrogens with one attached hydrogen (secondary N) is 1. The highest BCUT2D eigenvalue weighted by atomic mass is 32.2. The summed E-state index contributed by atoms with van der Waals surface area (Å²) >= 11 is 3.44. The number of thioether (sulfide) groups is 1. The van der Waals surface area contributed by atoms with Gasteiger partial charge in [0.2, 0.25) is 5.91 Å². The minimum Gasteiger partial charge on any atom is -0.361 e. The average molecular weight is 319 g/mol. The first kappa shape index (κ1) is 14.4. The van der Waals surface area contributed by atoms with Gasteiger partial charge in [-0.2, -0.15) is 11.8 Å². The van der Waals surface area contributed by atoms with Crippen molar-refractivity contribution in [3.8, 4) is 11.3 Å². The van der Waals surface area contributed by atoms with Crippen LogP contribution in [-0.4, -0.2) is 36.5 Å². The van der Waals surface area contributed by atoms with Gasteiger partial charge in [0.05, 0.1) is 12.1 Å². The molecule has 1 aliphatic heterocycles. The maximum Gasteiger partial charge on any atom is 0.231 e. The van der Waals surface area contributed by atoms with Crippen LogP contribution in [0, 0.1) is 0 Å². The Morgan fingerprint density at radius 2 is 2.33 bits per heavy atom. The van der Waals surface area contributed by atoms with Crippen LogP contribution in [0.15, 0.2) is 23.6 Å². The lowest BCUT2D eigenvalue weighted by molar-refractivity contribution is -0.117. The lowest BCUT2D eigenvalue weighted by Gasteiger charge is -2.09. The largest absolute Gasteiger partial charge is 0.361 e. The standard InChI is InChI=1S/C15H17N3OS2/c1-18-13-4-3-10(7-11(13)8-14(18)19)12-9-21-15(17-12)16-5-6-20-2/h3-4,7,9H,5-6,8H2,1-2H3,(H,16,17). The summed E-state index contributed by atoms with van der Waals surface area (Å²) in [4.78, 5) is 18.1. The van der Waals surface area contributed by atoms with Crippen molar-refractivity contribution >= 4 is 39.8 Å². The molecule has 1 aliphatic rings. The number of fused-ring (bicyclic) bond motifs is 1. The Hall–Kier alpha value is -1.53. The van der Waals surface area contributed by atoms with Gasteiger partial charge in [-0.3, -0.25) is 4.79 Å². The number of hydrogen-bond donors (Lipinski definition) is 1. The Bertz CT molecular complexity index is 669. The van der Waals surface area contributed by atoms with E-state index in [1.165, 1.54) is 0 Å². The molecule has 0 fully saturated rings. The molecule has 1 aromatic heterocycles. The van der Waals surface area contributed by atoms with Crippen LogP contribution in [0.25, 0.3) is 11.3 Å². The van der Waals surface area contributed by atoms with Crippen LogP contribution < -0.4 is 10.2 Å². The van der Waals surface area contributed by atoms with Gasteiger partial charge in [0.25, 0.3) is 0 Å². The number of nitrogens with zero attached hydrogens (tertiary/aromatic N) is 2. The number of likely N-dealkylation sites (N-methyl/N-ethyl adjacent to an activating group) is 1. The highest BCUT2D eigenvalue weighted by Gasteiger charge is 2.24. The van der Waals surface area contributed by atoms with Crippen molar-refractivity contribution in [1.82, 2.24) is 4.98 Å². The Morgan fingerprint density at radius 3 is 3.14 bits per heavy atom. The number of carbonyl (C=O) groups excluding carboxylic acids is 1. The van der Waals surface area contributed by atoms with E-state index in [0.717, 1.165) is 39.9 Å². The molecule has 0 unspecified atom stereocenters. The quantitative estimate of drug-likeness (QED) is 0.860. The van der Waals surface area contributed by atoms with E-state index in [0.29, 0.717) is 6.42 Å². The smallest absolute Gasteiger partial charge is 0.231 e. The molecule has 21 heavy (non-hydrogen) atoms. The van der Waals surface area contributed by atoms with Gasteiger partial charge >= 0.3 is 0 Å². The zero-order valence-electron chi connectivity index (χ0n) is 12.0. The number of anilines is 2. The van der Waals surface area contributed by atoms with Crippen molar-refractivity contribution in [1.29, 1.82) is 0 Å². The number of carbonyl (C=O) groups is 1. The molecule has 1 amide bonds. The molecule has 0 atom stereocenters. The average Bonchev–Trinajstić information content (AvgIpc) is 3.05. The van der Waals surface area contributed by atoms with Crippen LogP contribution in [-0.2, 0) is 11.2 Å². The fraction of sp³-hybridized carbons (Fsp3) is 0.333. The van der Waals surface area contributed by atoms with E-state index in [9.17, 15) is 4.79 Å². The third-order valence-electron chi connectivity index (χ3n) is 3.54. The molecule has 2 aromatic rings. The van der Waals surface area contributed by atoms with Crippen LogP contribution in [0.1, 0.15) is 5.56 Å². The predicted molar refractivity (Wildman–Crippen MR) is 91.5 cm³/mol. The van der Waals surface area contributed by atoms with Crippen molar-refractivity contribution in [2.24, 2.45) is 0 Å². The van der Waals surface area contributed by atoms with Crippen molar-refractivity contribution in [2.75, 3.05) is 35.8 Å². The number of aromatic nitrogens is 1. The Balaban J connectivity index is 1.79. The zero-order chi connectivity index (χ0) is 14.8. The minimum atomic E-state index is 0.153. The van der Waals surface area contributed by atoms with Gasteiger partial charge < -0.3 is 10.2 Å². The number of benzene rings is 1. The van der Waals surface area contributed by atoms with Crippen LogP contribution in [0.4, 0.5) is 10.8 Å². The molecule has 2 heterocycles. The van der Waals surface area contributed by atoms with Gasteiger partial charge in [0.1, 0.15) is 0 Å². The molecule has 0 aliphatic carbocycles. The summed E-state index contributed by atoms with van der Waals surface area (Å²) in [6.45, 7) is 0.928. The molecule has 1 aromatic carbocycles. The second-order valence-electron chi connectivity index (χ2n) is 4.93. The molecule has 1 N–H and O–H groups in total. The first-order valence-electron chi connectivity index (χ1n) is 6.77. The van der Waals surface area contributed by atoms with E-state index in [2.05, 4.69) is 28.0 Å². The van der Waals surface area contributed by atoms with Gasteiger partial charge in [-0.1, -0.05) is 6.07 Å². The van der Waals surface area contributed by atoms with E-state index in [4.69, 9.17) is 0 Å². The molecule has 0 bridgehead atoms. The third kappa shape index (κ3) is 2.91. The van der Waals surface area contributed by atoms with Crippen molar-refractivity contribution in [2.45, 2.75) is 6.42 Å². The third-order valence-corrected chi connectivity index (χ3v) is 4.95. The number of amides is 1. The molecule has 0 radical (unpaired) electrons. The monoisotopic (exact) mass is 319 g/mol. The Morgan fingerprint density at radius 1 is 1.48 bits per heavy atom. The molecule has 3 rings (SSSR count). The summed E-state index contributed by atoms with van der Waals surface area (Å²) in [6, 6.07) is 6.13. The maximum atomic E-state index is 11.7. The summed E-state index contributed by atoms with van der Waals surface area (Å²) in [7, 11) is 1.82. The van der Waals surface area contributed by atoms with Crippen LogP contribution in [0.3, 0.4) is 0 Å². The van der Waals surface area contributed by atoms with Gasteiger partial charge in [0, 0.05) is 36.0 Å². The SMILES string of the molecule is CSCCNc1nc(-c2ccc3c(c2)CC(=O)N3C)cs1. The fourth-order valence-corrected chi connectivity index (χ4v) is 3.43.